The molecule has 0 aliphatic carbocycles. The zero-order valence-corrected chi connectivity index (χ0v) is 20.7. The second kappa shape index (κ2) is 13.8. The average molecular weight is 515 g/mol. The first-order chi connectivity index (χ1) is 13.5. The second-order valence-electron chi connectivity index (χ2n) is 7.64. The number of nitrogens with one attached hydrogen (secondary N) is 2. The zero-order valence-electron chi connectivity index (χ0n) is 18.4. The number of hydrogen-bond donors (Lipinski definition) is 2. The van der Waals surface area contributed by atoms with Gasteiger partial charge in [-0.1, -0.05) is 31.2 Å². The van der Waals surface area contributed by atoms with Gasteiger partial charge in [0.1, 0.15) is 0 Å². The molecule has 1 saturated heterocycles. The van der Waals surface area contributed by atoms with E-state index in [9.17, 15) is 4.79 Å². The van der Waals surface area contributed by atoms with Crippen LogP contribution in [0.4, 0.5) is 0 Å². The summed E-state index contributed by atoms with van der Waals surface area (Å²) in [6.45, 7) is 13.9. The van der Waals surface area contributed by atoms with Crippen molar-refractivity contribution in [3.8, 4) is 0 Å². The second-order valence-corrected chi connectivity index (χ2v) is 7.64. The molecule has 1 amide bonds. The summed E-state index contributed by atoms with van der Waals surface area (Å²) in [5, 5.41) is 6.38. The van der Waals surface area contributed by atoms with Crippen molar-refractivity contribution in [2.45, 2.75) is 46.6 Å². The third-order valence-corrected chi connectivity index (χ3v) is 4.92. The topological polar surface area (TPSA) is 60.0 Å². The molecule has 0 bridgehead atoms. The summed E-state index contributed by atoms with van der Waals surface area (Å²) in [7, 11) is 0. The number of halogens is 1. The molecule has 1 aromatic carbocycles. The van der Waals surface area contributed by atoms with Crippen molar-refractivity contribution in [1.29, 1.82) is 0 Å². The predicted octanol–water partition coefficient (Wildman–Crippen LogP) is 2.52. The molecule has 1 aliphatic heterocycles. The Kier molecular flexibility index (Phi) is 12.2. The first kappa shape index (κ1) is 25.7. The van der Waals surface area contributed by atoms with E-state index in [1.165, 1.54) is 11.1 Å². The van der Waals surface area contributed by atoms with E-state index < -0.39 is 0 Å². The Morgan fingerprint density at radius 2 is 1.69 bits per heavy atom. The van der Waals surface area contributed by atoms with Gasteiger partial charge in [-0.3, -0.25) is 14.7 Å². The van der Waals surface area contributed by atoms with Crippen molar-refractivity contribution in [3.05, 3.63) is 35.4 Å². The number of carbonyl (C=O) groups is 1. The predicted molar refractivity (Wildman–Crippen MR) is 132 cm³/mol. The van der Waals surface area contributed by atoms with Crippen LogP contribution < -0.4 is 10.6 Å². The Hall–Kier alpha value is -1.35. The number of carbonyl (C=O) groups excluding carboxylic acids is 1. The van der Waals surface area contributed by atoms with Gasteiger partial charge in [-0.05, 0) is 44.7 Å². The van der Waals surface area contributed by atoms with Gasteiger partial charge in [0.15, 0.2) is 5.96 Å². The van der Waals surface area contributed by atoms with Gasteiger partial charge in [-0.15, -0.1) is 24.0 Å². The van der Waals surface area contributed by atoms with E-state index in [1.807, 2.05) is 13.8 Å². The van der Waals surface area contributed by atoms with Gasteiger partial charge in [0.25, 0.3) is 0 Å². The third-order valence-electron chi connectivity index (χ3n) is 4.92. The lowest BCUT2D eigenvalue weighted by Gasteiger charge is -2.36. The van der Waals surface area contributed by atoms with Crippen LogP contribution in [0, 0.1) is 0 Å². The minimum atomic E-state index is 0. The number of amides is 1. The summed E-state index contributed by atoms with van der Waals surface area (Å²) in [6.07, 6.45) is 2.03. The van der Waals surface area contributed by atoms with E-state index in [0.29, 0.717) is 6.54 Å². The van der Waals surface area contributed by atoms with Gasteiger partial charge in [0, 0.05) is 45.3 Å². The fraction of sp³-hybridized carbons (Fsp3) is 0.636. The lowest BCUT2D eigenvalue weighted by atomic mass is 10.1. The molecule has 7 heteroatoms. The molecule has 0 atom stereocenters. The summed E-state index contributed by atoms with van der Waals surface area (Å²) in [5.74, 6) is 1.09. The molecule has 0 saturated carbocycles. The summed E-state index contributed by atoms with van der Waals surface area (Å²) in [6, 6.07) is 9.03. The molecule has 0 spiro atoms. The highest BCUT2D eigenvalue weighted by Gasteiger charge is 2.21. The van der Waals surface area contributed by atoms with Crippen LogP contribution in [0.3, 0.4) is 0 Å². The molecular formula is C22H38IN5O. The van der Waals surface area contributed by atoms with E-state index in [-0.39, 0.29) is 35.9 Å². The first-order valence-electron chi connectivity index (χ1n) is 10.6. The molecule has 29 heavy (non-hydrogen) atoms. The van der Waals surface area contributed by atoms with Gasteiger partial charge < -0.3 is 15.5 Å². The van der Waals surface area contributed by atoms with Crippen molar-refractivity contribution in [3.63, 3.8) is 0 Å². The van der Waals surface area contributed by atoms with Crippen molar-refractivity contribution >= 4 is 35.8 Å². The molecule has 1 heterocycles. The number of piperazine rings is 1. The Morgan fingerprint density at radius 1 is 1.07 bits per heavy atom. The van der Waals surface area contributed by atoms with Crippen LogP contribution in [0.5, 0.6) is 0 Å². The number of aryl methyl sites for hydroxylation is 1. The molecular weight excluding hydrogens is 477 g/mol. The van der Waals surface area contributed by atoms with Gasteiger partial charge in [-0.2, -0.15) is 0 Å². The highest BCUT2D eigenvalue weighted by atomic mass is 127. The molecule has 164 valence electrons. The fourth-order valence-electron chi connectivity index (χ4n) is 3.35. The van der Waals surface area contributed by atoms with Crippen molar-refractivity contribution in [1.82, 2.24) is 20.4 Å². The van der Waals surface area contributed by atoms with Crippen LogP contribution in [0.15, 0.2) is 29.3 Å². The fourth-order valence-corrected chi connectivity index (χ4v) is 3.35. The maximum Gasteiger partial charge on any atom is 0.234 e. The lowest BCUT2D eigenvalue weighted by Crippen LogP contribution is -2.54. The highest BCUT2D eigenvalue weighted by Crippen LogP contribution is 2.07. The summed E-state index contributed by atoms with van der Waals surface area (Å²) >= 11 is 0. The van der Waals surface area contributed by atoms with Gasteiger partial charge in [0.2, 0.25) is 5.91 Å². The van der Waals surface area contributed by atoms with Crippen LogP contribution in [0.1, 0.15) is 38.8 Å². The summed E-state index contributed by atoms with van der Waals surface area (Å²) in [4.78, 5) is 21.3. The van der Waals surface area contributed by atoms with E-state index in [0.717, 1.165) is 58.1 Å². The molecule has 1 aliphatic rings. The monoisotopic (exact) mass is 515 g/mol. The minimum Gasteiger partial charge on any atom is -0.357 e. The van der Waals surface area contributed by atoms with Crippen LogP contribution in [0.25, 0.3) is 0 Å². The van der Waals surface area contributed by atoms with Crippen molar-refractivity contribution in [2.24, 2.45) is 4.99 Å². The Bertz CT molecular complexity index is 625. The maximum atomic E-state index is 12.0. The summed E-state index contributed by atoms with van der Waals surface area (Å²) < 4.78 is 0. The number of nitrogens with zero attached hydrogens (tertiary/aromatic N) is 3. The third kappa shape index (κ3) is 9.33. The summed E-state index contributed by atoms with van der Waals surface area (Å²) in [5.41, 5.74) is 2.71. The van der Waals surface area contributed by atoms with Gasteiger partial charge in [0.05, 0.1) is 6.54 Å². The molecule has 0 aromatic heterocycles. The number of hydrogen-bond acceptors (Lipinski definition) is 3. The maximum absolute atomic E-state index is 12.0. The normalized spacial score (nSPS) is 15.2. The molecule has 1 fully saturated rings. The number of rotatable bonds is 8. The number of aliphatic imine (C=N–C) groups is 1. The smallest absolute Gasteiger partial charge is 0.234 e. The quantitative estimate of drug-likeness (QED) is 0.318. The highest BCUT2D eigenvalue weighted by molar-refractivity contribution is 14.0. The van der Waals surface area contributed by atoms with Crippen LogP contribution >= 0.6 is 24.0 Å². The number of guanidine groups is 1. The average Bonchev–Trinajstić information content (AvgIpc) is 2.68. The van der Waals surface area contributed by atoms with Crippen LogP contribution in [-0.2, 0) is 17.6 Å². The first-order valence-corrected chi connectivity index (χ1v) is 10.6. The molecule has 2 rings (SSSR count). The number of benzene rings is 1. The zero-order chi connectivity index (χ0) is 20.4. The van der Waals surface area contributed by atoms with E-state index in [1.54, 1.807) is 0 Å². The van der Waals surface area contributed by atoms with Crippen molar-refractivity contribution < 1.29 is 4.79 Å². The van der Waals surface area contributed by atoms with Crippen LogP contribution in [-0.4, -0.2) is 73.5 Å². The Balaban J connectivity index is 0.00000420. The SMILES string of the molecule is CCNC(=NCCc1ccc(CC)cc1)N1CCN(CC(=O)NC(C)C)CC1.I. The minimum absolute atomic E-state index is 0. The van der Waals surface area contributed by atoms with Crippen LogP contribution in [0.2, 0.25) is 0 Å². The Morgan fingerprint density at radius 3 is 2.24 bits per heavy atom. The molecule has 2 N–H and O–H groups in total. The molecule has 0 unspecified atom stereocenters. The van der Waals surface area contributed by atoms with E-state index in [2.05, 4.69) is 58.5 Å². The van der Waals surface area contributed by atoms with E-state index >= 15 is 0 Å². The van der Waals surface area contributed by atoms with Crippen molar-refractivity contribution in [2.75, 3.05) is 45.8 Å². The Labute approximate surface area is 193 Å². The standard InChI is InChI=1S/C22H37N5O.HI/c1-5-19-7-9-20(10-8-19)11-12-24-22(23-6-2)27-15-13-26(14-16-27)17-21(28)25-18(3)4;/h7-10,18H,5-6,11-17H2,1-4H3,(H,23,24)(H,25,28);1H. The van der Waals surface area contributed by atoms with E-state index in [4.69, 9.17) is 4.99 Å². The molecule has 0 radical (unpaired) electrons. The molecule has 6 nitrogen and oxygen atoms in total. The van der Waals surface area contributed by atoms with Gasteiger partial charge >= 0.3 is 0 Å². The largest absolute Gasteiger partial charge is 0.357 e. The molecule has 1 aromatic rings. The van der Waals surface area contributed by atoms with Gasteiger partial charge in [-0.25, -0.2) is 0 Å². The lowest BCUT2D eigenvalue weighted by molar-refractivity contribution is -0.123.